The number of amides is 2. The predicted octanol–water partition coefficient (Wildman–Crippen LogP) is 3.07. The molecular weight excluding hydrogens is 362 g/mol. The zero-order chi connectivity index (χ0) is 19.1. The minimum absolute atomic E-state index is 0.0722. The maximum Gasteiger partial charge on any atom is 0.253 e. The molecule has 142 valence electrons. The highest BCUT2D eigenvalue weighted by Gasteiger charge is 2.22. The number of carbonyl (C=O) groups is 2. The Balaban J connectivity index is 1.70. The number of hydrogen-bond donors (Lipinski definition) is 3. The van der Waals surface area contributed by atoms with Crippen molar-refractivity contribution in [2.75, 3.05) is 13.1 Å². The molecule has 5 nitrogen and oxygen atoms in total. The first-order chi connectivity index (χ1) is 13.1. The molecule has 3 N–H and O–H groups in total. The molecule has 0 saturated carbocycles. The van der Waals surface area contributed by atoms with Crippen LogP contribution in [-0.4, -0.2) is 30.9 Å². The third-order valence-electron chi connectivity index (χ3n) is 4.68. The van der Waals surface area contributed by atoms with E-state index >= 15 is 0 Å². The molecule has 1 aliphatic heterocycles. The van der Waals surface area contributed by atoms with E-state index in [1.165, 1.54) is 0 Å². The Kier molecular flexibility index (Phi) is 6.85. The molecule has 1 heterocycles. The van der Waals surface area contributed by atoms with Gasteiger partial charge in [0, 0.05) is 12.6 Å². The van der Waals surface area contributed by atoms with Crippen molar-refractivity contribution in [2.24, 2.45) is 0 Å². The number of carbonyl (C=O) groups excluding carboxylic acids is 2. The van der Waals surface area contributed by atoms with Crippen LogP contribution in [0.3, 0.4) is 0 Å². The van der Waals surface area contributed by atoms with E-state index in [4.69, 9.17) is 11.6 Å². The Morgan fingerprint density at radius 2 is 1.85 bits per heavy atom. The lowest BCUT2D eigenvalue weighted by Gasteiger charge is -2.25. The van der Waals surface area contributed by atoms with Crippen LogP contribution in [0.1, 0.15) is 41.2 Å². The van der Waals surface area contributed by atoms with Crippen LogP contribution in [0.25, 0.3) is 0 Å². The molecule has 2 aromatic rings. The van der Waals surface area contributed by atoms with Gasteiger partial charge >= 0.3 is 0 Å². The fraction of sp³-hybridized carbons (Fsp3) is 0.333. The van der Waals surface area contributed by atoms with Gasteiger partial charge in [-0.15, -0.1) is 0 Å². The van der Waals surface area contributed by atoms with Gasteiger partial charge in [0.05, 0.1) is 23.0 Å². The predicted molar refractivity (Wildman–Crippen MR) is 107 cm³/mol. The lowest BCUT2D eigenvalue weighted by atomic mass is 10.0. The summed E-state index contributed by atoms with van der Waals surface area (Å²) in [6, 6.07) is 16.1. The molecule has 1 saturated heterocycles. The molecule has 1 aliphatic rings. The second-order valence-electron chi connectivity index (χ2n) is 6.73. The van der Waals surface area contributed by atoms with Crippen molar-refractivity contribution in [3.8, 4) is 0 Å². The number of hydrogen-bond acceptors (Lipinski definition) is 3. The van der Waals surface area contributed by atoms with Crippen molar-refractivity contribution in [2.45, 2.75) is 31.3 Å². The SMILES string of the molecule is O=C(CC(NC(=O)c1ccccc1Cl)c1ccccc1)NC1CCCNC1. The van der Waals surface area contributed by atoms with E-state index in [1.54, 1.807) is 24.3 Å². The largest absolute Gasteiger partial charge is 0.352 e. The maximum atomic E-state index is 12.7. The van der Waals surface area contributed by atoms with Gasteiger partial charge in [0.1, 0.15) is 0 Å². The Morgan fingerprint density at radius 1 is 1.11 bits per heavy atom. The normalized spacial score (nSPS) is 17.7. The first-order valence-electron chi connectivity index (χ1n) is 9.24. The monoisotopic (exact) mass is 385 g/mol. The molecule has 0 aliphatic carbocycles. The second kappa shape index (κ2) is 9.53. The zero-order valence-corrected chi connectivity index (χ0v) is 15.8. The van der Waals surface area contributed by atoms with Crippen molar-refractivity contribution < 1.29 is 9.59 Å². The smallest absolute Gasteiger partial charge is 0.253 e. The standard InChI is InChI=1S/C21H24ClN3O2/c22-18-11-5-4-10-17(18)21(27)25-19(15-7-2-1-3-8-15)13-20(26)24-16-9-6-12-23-14-16/h1-5,7-8,10-11,16,19,23H,6,9,12-14H2,(H,24,26)(H,25,27). The average Bonchev–Trinajstić information content (AvgIpc) is 2.69. The number of nitrogens with one attached hydrogen (secondary N) is 3. The van der Waals surface area contributed by atoms with Gasteiger partial charge < -0.3 is 16.0 Å². The molecule has 3 rings (SSSR count). The average molecular weight is 386 g/mol. The van der Waals surface area contributed by atoms with Crippen molar-refractivity contribution in [1.82, 2.24) is 16.0 Å². The lowest BCUT2D eigenvalue weighted by molar-refractivity contribution is -0.122. The molecule has 0 spiro atoms. The van der Waals surface area contributed by atoms with Crippen molar-refractivity contribution >= 4 is 23.4 Å². The minimum atomic E-state index is -0.425. The van der Waals surface area contributed by atoms with Gasteiger partial charge in [0.2, 0.25) is 5.91 Å². The summed E-state index contributed by atoms with van der Waals surface area (Å²) in [5.41, 5.74) is 1.28. The number of piperidine rings is 1. The van der Waals surface area contributed by atoms with Crippen molar-refractivity contribution in [1.29, 1.82) is 0 Å². The van der Waals surface area contributed by atoms with Crippen LogP contribution in [0.15, 0.2) is 54.6 Å². The van der Waals surface area contributed by atoms with Crippen LogP contribution in [-0.2, 0) is 4.79 Å². The molecule has 0 radical (unpaired) electrons. The van der Waals surface area contributed by atoms with Crippen LogP contribution in [0, 0.1) is 0 Å². The van der Waals surface area contributed by atoms with Crippen LogP contribution in [0.2, 0.25) is 5.02 Å². The first kappa shape index (κ1) is 19.4. The fourth-order valence-electron chi connectivity index (χ4n) is 3.27. The Bertz CT molecular complexity index is 776. The van der Waals surface area contributed by atoms with E-state index in [0.29, 0.717) is 10.6 Å². The molecular formula is C21H24ClN3O2. The van der Waals surface area contributed by atoms with Gasteiger partial charge in [-0.25, -0.2) is 0 Å². The number of benzene rings is 2. The van der Waals surface area contributed by atoms with Gasteiger partial charge in [-0.2, -0.15) is 0 Å². The summed E-state index contributed by atoms with van der Waals surface area (Å²) >= 11 is 6.14. The summed E-state index contributed by atoms with van der Waals surface area (Å²) in [5.74, 6) is -0.362. The first-order valence-corrected chi connectivity index (χ1v) is 9.61. The van der Waals surface area contributed by atoms with E-state index in [9.17, 15) is 9.59 Å². The fourth-order valence-corrected chi connectivity index (χ4v) is 3.49. The molecule has 2 aromatic carbocycles. The molecule has 0 aromatic heterocycles. The maximum absolute atomic E-state index is 12.7. The van der Waals surface area contributed by atoms with Gasteiger partial charge in [-0.1, -0.05) is 54.1 Å². The Labute approximate surface area is 164 Å². The van der Waals surface area contributed by atoms with Crippen LogP contribution >= 0.6 is 11.6 Å². The van der Waals surface area contributed by atoms with E-state index in [0.717, 1.165) is 31.5 Å². The van der Waals surface area contributed by atoms with E-state index in [1.807, 2.05) is 30.3 Å². The summed E-state index contributed by atoms with van der Waals surface area (Å²) in [6.07, 6.45) is 2.20. The van der Waals surface area contributed by atoms with Crippen LogP contribution in [0.5, 0.6) is 0 Å². The van der Waals surface area contributed by atoms with Crippen molar-refractivity contribution in [3.63, 3.8) is 0 Å². The highest BCUT2D eigenvalue weighted by Crippen LogP contribution is 2.20. The third kappa shape index (κ3) is 5.55. The summed E-state index contributed by atoms with van der Waals surface area (Å²) in [7, 11) is 0. The molecule has 2 atom stereocenters. The molecule has 27 heavy (non-hydrogen) atoms. The molecule has 1 fully saturated rings. The minimum Gasteiger partial charge on any atom is -0.352 e. The van der Waals surface area contributed by atoms with E-state index in [2.05, 4.69) is 16.0 Å². The quantitative estimate of drug-likeness (QED) is 0.715. The summed E-state index contributed by atoms with van der Waals surface area (Å²) in [6.45, 7) is 1.78. The lowest BCUT2D eigenvalue weighted by Crippen LogP contribution is -2.46. The zero-order valence-electron chi connectivity index (χ0n) is 15.1. The molecule has 6 heteroatoms. The van der Waals surface area contributed by atoms with Crippen molar-refractivity contribution in [3.05, 3.63) is 70.7 Å². The molecule has 2 unspecified atom stereocenters. The van der Waals surface area contributed by atoms with Gasteiger partial charge in [-0.05, 0) is 37.1 Å². The van der Waals surface area contributed by atoms with Crippen LogP contribution in [0.4, 0.5) is 0 Å². The van der Waals surface area contributed by atoms with Gasteiger partial charge in [0.15, 0.2) is 0 Å². The van der Waals surface area contributed by atoms with E-state index < -0.39 is 6.04 Å². The van der Waals surface area contributed by atoms with Gasteiger partial charge in [0.25, 0.3) is 5.91 Å². The molecule has 0 bridgehead atoms. The highest BCUT2D eigenvalue weighted by molar-refractivity contribution is 6.33. The topological polar surface area (TPSA) is 70.2 Å². The number of halogens is 1. The number of rotatable bonds is 6. The van der Waals surface area contributed by atoms with E-state index in [-0.39, 0.29) is 24.3 Å². The summed E-state index contributed by atoms with van der Waals surface area (Å²) in [4.78, 5) is 25.2. The second-order valence-corrected chi connectivity index (χ2v) is 7.14. The Morgan fingerprint density at radius 3 is 2.56 bits per heavy atom. The summed E-state index contributed by atoms with van der Waals surface area (Å²) in [5, 5.41) is 9.70. The Hall–Kier alpha value is -2.37. The summed E-state index contributed by atoms with van der Waals surface area (Å²) < 4.78 is 0. The molecule has 2 amide bonds. The highest BCUT2D eigenvalue weighted by atomic mass is 35.5. The van der Waals surface area contributed by atoms with Crippen LogP contribution < -0.4 is 16.0 Å². The van der Waals surface area contributed by atoms with Gasteiger partial charge in [-0.3, -0.25) is 9.59 Å². The third-order valence-corrected chi connectivity index (χ3v) is 5.01.